The molecule has 0 unspecified atom stereocenters. The summed E-state index contributed by atoms with van der Waals surface area (Å²) in [5.41, 5.74) is 5.71. The number of thiazole rings is 2. The lowest BCUT2D eigenvalue weighted by Crippen LogP contribution is -2.40. The van der Waals surface area contributed by atoms with Gasteiger partial charge in [-0.3, -0.25) is 10.6 Å². The summed E-state index contributed by atoms with van der Waals surface area (Å²) in [4.78, 5) is 57.6. The Hall–Kier alpha value is -4.95. The molecule has 2 heterocycles. The molecule has 3 amide bonds. The number of nitrogens with one attached hydrogen (secondary N) is 5. The van der Waals surface area contributed by atoms with Crippen molar-refractivity contribution in [2.45, 2.75) is 241 Å². The second-order valence-electron chi connectivity index (χ2n) is 24.3. The molecule has 4 aromatic rings. The average molecular weight is 1250 g/mol. The molecule has 0 aliphatic heterocycles. The fourth-order valence-corrected chi connectivity index (χ4v) is 16.1. The van der Waals surface area contributed by atoms with Crippen LogP contribution in [-0.4, -0.2) is 98.1 Å². The van der Waals surface area contributed by atoms with E-state index in [1.54, 1.807) is 106 Å². The van der Waals surface area contributed by atoms with E-state index in [1.807, 2.05) is 0 Å². The Morgan fingerprint density at radius 2 is 0.964 bits per heavy atom. The van der Waals surface area contributed by atoms with E-state index in [0.29, 0.717) is 28.4 Å². The Morgan fingerprint density at radius 3 is 1.34 bits per heavy atom. The summed E-state index contributed by atoms with van der Waals surface area (Å²) in [5.74, 6) is 0.584. The van der Waals surface area contributed by atoms with Crippen LogP contribution >= 0.6 is 34.3 Å². The molecule has 7 N–H and O–H groups in total. The first-order valence-electron chi connectivity index (χ1n) is 28.7. The fourth-order valence-electron chi connectivity index (χ4n) is 10.2. The van der Waals surface area contributed by atoms with Gasteiger partial charge in [-0.15, -0.1) is 22.7 Å². The second-order valence-corrected chi connectivity index (χ2v) is 30.0. The summed E-state index contributed by atoms with van der Waals surface area (Å²) in [6.45, 7) is 17.6. The number of carbonyl (C=O) groups excluding carboxylic acids is 4. The highest BCUT2D eigenvalue weighted by molar-refractivity contribution is 7.90. The number of alkyl carbamates (subject to hydrolysis) is 1. The lowest BCUT2D eigenvalue weighted by molar-refractivity contribution is 0.0956. The molecule has 2 aromatic heterocycles. The lowest BCUT2D eigenvalue weighted by Gasteiger charge is -2.28. The Kier molecular flexibility index (Phi) is 24.2. The first-order chi connectivity index (χ1) is 38.9. The third kappa shape index (κ3) is 21.8. The van der Waals surface area contributed by atoms with E-state index in [9.17, 15) is 36.0 Å². The zero-order valence-corrected chi connectivity index (χ0v) is 53.5. The zero-order valence-electron chi connectivity index (χ0n) is 49.4. The number of carbonyl (C=O) groups is 4. The van der Waals surface area contributed by atoms with Gasteiger partial charge >= 0.3 is 23.7 Å². The van der Waals surface area contributed by atoms with Gasteiger partial charge in [-0.2, -0.15) is 0 Å². The monoisotopic (exact) mass is 1250 g/mol. The molecule has 4 saturated carbocycles. The van der Waals surface area contributed by atoms with Gasteiger partial charge in [0.1, 0.15) is 12.2 Å². The maximum Gasteiger partial charge on any atom is 0.411 e. The van der Waals surface area contributed by atoms with E-state index in [-0.39, 0.29) is 58.3 Å². The summed E-state index contributed by atoms with van der Waals surface area (Å²) in [7, 11) is -7.82. The minimum absolute atomic E-state index is 0.0473. The number of anilines is 2. The molecule has 2 aromatic carbocycles. The van der Waals surface area contributed by atoms with Crippen LogP contribution in [0.3, 0.4) is 0 Å². The van der Waals surface area contributed by atoms with Crippen molar-refractivity contribution < 1.29 is 55.0 Å². The Balaban J connectivity index is 0.000000235. The number of rotatable bonds is 15. The molecule has 20 nitrogen and oxygen atoms in total. The zero-order chi connectivity index (χ0) is 60.9. The quantitative estimate of drug-likeness (QED) is 0.0476. The largest absolute Gasteiger partial charge is 0.450 e. The normalized spacial score (nSPS) is 19.9. The standard InChI is InChI=1S/C29H42N4O6S2.C23H34N4O4S2.C6H9ClO2/c1-18(2)38-27(34)32-21-14-15-23(25(16-21)41(36,37)33-29(3,4)5)24-17-30-26(40-24)19-10-12-20(13-11-19)31-28(35)39-22-8-6-7-9-22;1-14(2)31-22(28)26-17-10-11-18(20(12-17)33(29,30)27-23(3,4)5)19-13-25-21(32-19)15-6-8-16(24)9-7-15;7-6(8)9-5-3-1-2-4-5/h14-20,22,33H,6-13H2,1-5H3,(H,31,35)(H,32,34);10-16,27H,6-9,24H2,1-5H3,(H,26,28);5H,1-4H2. The van der Waals surface area contributed by atoms with Crippen molar-refractivity contribution in [2.75, 3.05) is 10.6 Å². The molecule has 4 aliphatic carbocycles. The highest BCUT2D eigenvalue weighted by Gasteiger charge is 2.32. The van der Waals surface area contributed by atoms with Gasteiger partial charge in [-0.25, -0.2) is 55.4 Å². The van der Waals surface area contributed by atoms with Crippen molar-refractivity contribution in [1.82, 2.24) is 24.7 Å². The predicted octanol–water partition coefficient (Wildman–Crippen LogP) is 13.7. The number of nitrogens with two attached hydrogens (primary N) is 1. The molecular formula is C58H85ClN8O12S4. The summed E-state index contributed by atoms with van der Waals surface area (Å²) in [5, 5.41) is 10.2. The summed E-state index contributed by atoms with van der Waals surface area (Å²) < 4.78 is 79.6. The molecule has 4 fully saturated rings. The van der Waals surface area contributed by atoms with Gasteiger partial charge in [-0.1, -0.05) is 12.1 Å². The van der Waals surface area contributed by atoms with Crippen molar-refractivity contribution in [3.63, 3.8) is 0 Å². The van der Waals surface area contributed by atoms with Gasteiger partial charge in [0.2, 0.25) is 20.0 Å². The Bertz CT molecular complexity index is 3040. The summed E-state index contributed by atoms with van der Waals surface area (Å²) >= 11 is 7.99. The number of ether oxygens (including phenoxy) is 4. The number of amides is 3. The molecule has 0 saturated heterocycles. The SMILES string of the molecule is CC(C)OC(=O)Nc1ccc(-c2cnc(C3CCC(N)CC3)s2)c(S(=O)(=O)NC(C)(C)C)c1.CC(C)OC(=O)Nc1ccc(-c2cnc(C3CCC(NC(=O)OC4CCCC4)CC3)s2)c(S(=O)(=O)NC(C)(C)C)c1.O=C(Cl)OC1CCCC1. The molecule has 83 heavy (non-hydrogen) atoms. The smallest absolute Gasteiger partial charge is 0.411 e. The molecule has 25 heteroatoms. The first kappa shape index (κ1) is 67.2. The lowest BCUT2D eigenvalue weighted by atomic mass is 9.86. The van der Waals surface area contributed by atoms with Crippen LogP contribution in [0.1, 0.15) is 194 Å². The number of benzene rings is 2. The van der Waals surface area contributed by atoms with Gasteiger partial charge in [0.15, 0.2) is 0 Å². The molecule has 8 rings (SSSR count). The minimum atomic E-state index is -3.94. The van der Waals surface area contributed by atoms with Crippen molar-refractivity contribution in [2.24, 2.45) is 5.73 Å². The third-order valence-corrected chi connectivity index (χ3v) is 19.9. The van der Waals surface area contributed by atoms with Crippen LogP contribution in [0.2, 0.25) is 0 Å². The molecule has 0 spiro atoms. The van der Waals surface area contributed by atoms with Gasteiger partial charge in [0, 0.05) is 81.5 Å². The molecule has 0 radical (unpaired) electrons. The number of halogens is 1. The maximum atomic E-state index is 13.5. The highest BCUT2D eigenvalue weighted by Crippen LogP contribution is 2.42. The fraction of sp³-hybridized carbons (Fsp3) is 0.621. The van der Waals surface area contributed by atoms with Gasteiger partial charge < -0.3 is 30.0 Å². The number of sulfonamides is 2. The molecule has 0 atom stereocenters. The van der Waals surface area contributed by atoms with Crippen molar-refractivity contribution >= 4 is 89.4 Å². The van der Waals surface area contributed by atoms with E-state index < -0.39 is 48.7 Å². The van der Waals surface area contributed by atoms with Gasteiger partial charge in [0.05, 0.1) is 41.8 Å². The number of nitrogens with zero attached hydrogens (tertiary/aromatic N) is 2. The van der Waals surface area contributed by atoms with Crippen molar-refractivity contribution in [3.8, 4) is 20.9 Å². The number of aromatic nitrogens is 2. The predicted molar refractivity (Wildman–Crippen MR) is 326 cm³/mol. The molecule has 0 bridgehead atoms. The molecule has 4 aliphatic rings. The third-order valence-electron chi connectivity index (χ3n) is 13.8. The summed E-state index contributed by atoms with van der Waals surface area (Å²) in [6, 6.07) is 9.98. The molecule has 460 valence electrons. The van der Waals surface area contributed by atoms with Crippen LogP contribution < -0.4 is 31.1 Å². The van der Waals surface area contributed by atoms with Crippen LogP contribution in [0, 0.1) is 0 Å². The van der Waals surface area contributed by atoms with Crippen LogP contribution in [0.15, 0.2) is 58.6 Å². The van der Waals surface area contributed by atoms with E-state index in [0.717, 1.165) is 123 Å². The van der Waals surface area contributed by atoms with Gasteiger partial charge in [0.25, 0.3) is 0 Å². The van der Waals surface area contributed by atoms with Crippen molar-refractivity contribution in [3.05, 3.63) is 58.8 Å². The van der Waals surface area contributed by atoms with Crippen LogP contribution in [0.25, 0.3) is 20.9 Å². The molecular weight excluding hydrogens is 1160 g/mol. The van der Waals surface area contributed by atoms with Crippen LogP contribution in [-0.2, 0) is 39.0 Å². The van der Waals surface area contributed by atoms with E-state index >= 15 is 0 Å². The highest BCUT2D eigenvalue weighted by atomic mass is 35.5. The van der Waals surface area contributed by atoms with E-state index in [4.69, 9.17) is 36.3 Å². The minimum Gasteiger partial charge on any atom is -0.450 e. The topological polar surface area (TPSA) is 285 Å². The number of hydrogen-bond acceptors (Lipinski definition) is 17. The van der Waals surface area contributed by atoms with E-state index in [1.165, 1.54) is 34.8 Å². The van der Waals surface area contributed by atoms with Crippen LogP contribution in [0.5, 0.6) is 0 Å². The first-order valence-corrected chi connectivity index (χ1v) is 33.7. The van der Waals surface area contributed by atoms with E-state index in [2.05, 4.69) is 35.4 Å². The Morgan fingerprint density at radius 1 is 0.578 bits per heavy atom. The summed E-state index contributed by atoms with van der Waals surface area (Å²) in [6.07, 6.45) is 17.2. The van der Waals surface area contributed by atoms with Crippen LogP contribution in [0.4, 0.5) is 30.6 Å². The average Bonchev–Trinajstić information content (AvgIpc) is 4.31. The van der Waals surface area contributed by atoms with Crippen molar-refractivity contribution in [1.29, 1.82) is 0 Å². The maximum absolute atomic E-state index is 13.5. The number of hydrogen-bond donors (Lipinski definition) is 6. The second kappa shape index (κ2) is 29.9. The Labute approximate surface area is 503 Å². The van der Waals surface area contributed by atoms with Gasteiger partial charge in [-0.05, 0) is 196 Å².